The lowest BCUT2D eigenvalue weighted by atomic mass is 10.3. The Bertz CT molecular complexity index is 103. The number of amides is 1. The first-order chi connectivity index (χ1) is 5.58. The maximum atomic E-state index is 10.3. The second kappa shape index (κ2) is 10.4. The van der Waals surface area contributed by atoms with E-state index in [0.717, 1.165) is 19.4 Å². The second-order valence-electron chi connectivity index (χ2n) is 2.80. The highest BCUT2D eigenvalue weighted by Gasteiger charge is 1.96. The molecular weight excluding hydrogens is 152 g/mol. The van der Waals surface area contributed by atoms with Crippen LogP contribution in [0, 0.1) is 0 Å². The van der Waals surface area contributed by atoms with Gasteiger partial charge in [0.05, 0.1) is 0 Å². The molecule has 3 nitrogen and oxygen atoms in total. The highest BCUT2D eigenvalue weighted by atomic mass is 16.1. The molecular formula is C9H22N2O. The van der Waals surface area contributed by atoms with E-state index in [1.54, 1.807) is 0 Å². The molecule has 0 aliphatic carbocycles. The number of carbonyl (C=O) groups is 1. The van der Waals surface area contributed by atoms with Gasteiger partial charge in [0.1, 0.15) is 0 Å². The van der Waals surface area contributed by atoms with Gasteiger partial charge in [0.15, 0.2) is 0 Å². The summed E-state index contributed by atoms with van der Waals surface area (Å²) in [5.74, 6) is 0.0550. The zero-order valence-electron chi connectivity index (χ0n) is 8.68. The third-order valence-corrected chi connectivity index (χ3v) is 1.35. The standard InChI is InChI=1S/C6H13NO.C3H9N/c1-4-5(2)7-6(3)8;1-2-3-4/h5H,4H2,1-3H3,(H,7,8);2-4H2,1H3. The number of hydrogen-bond donors (Lipinski definition) is 2. The van der Waals surface area contributed by atoms with Crippen molar-refractivity contribution in [3.8, 4) is 0 Å². The summed E-state index contributed by atoms with van der Waals surface area (Å²) in [6.07, 6.45) is 2.10. The lowest BCUT2D eigenvalue weighted by Gasteiger charge is -2.07. The van der Waals surface area contributed by atoms with E-state index < -0.39 is 0 Å². The molecule has 0 fully saturated rings. The van der Waals surface area contributed by atoms with Gasteiger partial charge in [-0.3, -0.25) is 4.79 Å². The van der Waals surface area contributed by atoms with Crippen molar-refractivity contribution in [3.63, 3.8) is 0 Å². The van der Waals surface area contributed by atoms with Gasteiger partial charge in [-0.15, -0.1) is 0 Å². The molecule has 0 saturated carbocycles. The maximum Gasteiger partial charge on any atom is 0.217 e. The first-order valence-electron chi connectivity index (χ1n) is 4.55. The zero-order valence-corrected chi connectivity index (χ0v) is 8.68. The molecule has 0 aromatic carbocycles. The smallest absolute Gasteiger partial charge is 0.217 e. The van der Waals surface area contributed by atoms with Crippen LogP contribution in [0.15, 0.2) is 0 Å². The predicted octanol–water partition coefficient (Wildman–Crippen LogP) is 1.28. The van der Waals surface area contributed by atoms with Crippen molar-refractivity contribution in [1.29, 1.82) is 0 Å². The van der Waals surface area contributed by atoms with Crippen molar-refractivity contribution < 1.29 is 4.79 Å². The van der Waals surface area contributed by atoms with Gasteiger partial charge in [0, 0.05) is 13.0 Å². The van der Waals surface area contributed by atoms with Crippen LogP contribution < -0.4 is 11.1 Å². The number of rotatable bonds is 3. The van der Waals surface area contributed by atoms with Crippen LogP contribution in [-0.4, -0.2) is 18.5 Å². The second-order valence-corrected chi connectivity index (χ2v) is 2.80. The average Bonchev–Trinajstić information content (AvgIpc) is 2.04. The first kappa shape index (κ1) is 14.0. The average molecular weight is 174 g/mol. The van der Waals surface area contributed by atoms with E-state index in [0.29, 0.717) is 6.04 Å². The normalized spacial score (nSPS) is 11.1. The molecule has 0 bridgehead atoms. The molecule has 0 heterocycles. The van der Waals surface area contributed by atoms with Gasteiger partial charge in [0.2, 0.25) is 5.91 Å². The van der Waals surface area contributed by atoms with Crippen LogP contribution >= 0.6 is 0 Å². The molecule has 0 rings (SSSR count). The Labute approximate surface area is 75.7 Å². The largest absolute Gasteiger partial charge is 0.354 e. The Hall–Kier alpha value is -0.570. The van der Waals surface area contributed by atoms with E-state index >= 15 is 0 Å². The minimum atomic E-state index is 0.0550. The van der Waals surface area contributed by atoms with Crippen LogP contribution in [0.5, 0.6) is 0 Å². The van der Waals surface area contributed by atoms with E-state index in [4.69, 9.17) is 5.73 Å². The number of carbonyl (C=O) groups excluding carboxylic acids is 1. The molecule has 3 N–H and O–H groups in total. The highest BCUT2D eigenvalue weighted by Crippen LogP contribution is 1.85. The van der Waals surface area contributed by atoms with Crippen molar-refractivity contribution in [3.05, 3.63) is 0 Å². The zero-order chi connectivity index (χ0) is 9.98. The quantitative estimate of drug-likeness (QED) is 0.677. The van der Waals surface area contributed by atoms with Crippen molar-refractivity contribution >= 4 is 5.91 Å². The number of nitrogens with two attached hydrogens (primary N) is 1. The Kier molecular flexibility index (Phi) is 12.2. The first-order valence-corrected chi connectivity index (χ1v) is 4.55. The van der Waals surface area contributed by atoms with Crippen LogP contribution in [0.2, 0.25) is 0 Å². The van der Waals surface area contributed by atoms with Crippen LogP contribution in [0.4, 0.5) is 0 Å². The van der Waals surface area contributed by atoms with E-state index in [1.807, 2.05) is 13.8 Å². The fourth-order valence-electron chi connectivity index (χ4n) is 0.449. The number of nitrogens with one attached hydrogen (secondary N) is 1. The van der Waals surface area contributed by atoms with Crippen LogP contribution in [-0.2, 0) is 4.79 Å². The molecule has 0 spiro atoms. The summed E-state index contributed by atoms with van der Waals surface area (Å²) in [4.78, 5) is 10.3. The molecule has 0 aliphatic rings. The third-order valence-electron chi connectivity index (χ3n) is 1.35. The van der Waals surface area contributed by atoms with Gasteiger partial charge in [-0.05, 0) is 26.3 Å². The minimum Gasteiger partial charge on any atom is -0.354 e. The van der Waals surface area contributed by atoms with Gasteiger partial charge < -0.3 is 11.1 Å². The number of hydrogen-bond acceptors (Lipinski definition) is 2. The molecule has 12 heavy (non-hydrogen) atoms. The summed E-state index contributed by atoms with van der Waals surface area (Å²) >= 11 is 0. The van der Waals surface area contributed by atoms with Crippen LogP contribution in [0.3, 0.4) is 0 Å². The SMILES string of the molecule is CCC(C)NC(C)=O.CCCN. The monoisotopic (exact) mass is 174 g/mol. The van der Waals surface area contributed by atoms with Gasteiger partial charge in [-0.25, -0.2) is 0 Å². The summed E-state index contributed by atoms with van der Waals surface area (Å²) in [5.41, 5.74) is 5.03. The van der Waals surface area contributed by atoms with Crippen molar-refractivity contribution in [1.82, 2.24) is 5.32 Å². The lowest BCUT2D eigenvalue weighted by Crippen LogP contribution is -2.29. The van der Waals surface area contributed by atoms with E-state index in [1.165, 1.54) is 6.92 Å². The predicted molar refractivity (Wildman–Crippen MR) is 52.9 cm³/mol. The molecule has 74 valence electrons. The van der Waals surface area contributed by atoms with Gasteiger partial charge >= 0.3 is 0 Å². The molecule has 0 radical (unpaired) electrons. The highest BCUT2D eigenvalue weighted by molar-refractivity contribution is 5.73. The van der Waals surface area contributed by atoms with Crippen molar-refractivity contribution in [2.75, 3.05) is 6.54 Å². The molecule has 1 unspecified atom stereocenters. The van der Waals surface area contributed by atoms with E-state index in [-0.39, 0.29) is 5.91 Å². The Balaban J connectivity index is 0. The maximum absolute atomic E-state index is 10.3. The minimum absolute atomic E-state index is 0.0550. The summed E-state index contributed by atoms with van der Waals surface area (Å²) in [6, 6.07) is 0.326. The summed E-state index contributed by atoms with van der Waals surface area (Å²) in [6.45, 7) is 8.44. The van der Waals surface area contributed by atoms with Gasteiger partial charge in [-0.2, -0.15) is 0 Å². The van der Waals surface area contributed by atoms with Gasteiger partial charge in [-0.1, -0.05) is 13.8 Å². The topological polar surface area (TPSA) is 55.1 Å². The lowest BCUT2D eigenvalue weighted by molar-refractivity contribution is -0.119. The molecule has 0 aromatic heterocycles. The molecule has 3 heteroatoms. The van der Waals surface area contributed by atoms with Crippen LogP contribution in [0.25, 0.3) is 0 Å². The summed E-state index contributed by atoms with van der Waals surface area (Å²) in [7, 11) is 0. The van der Waals surface area contributed by atoms with Crippen molar-refractivity contribution in [2.45, 2.75) is 46.6 Å². The van der Waals surface area contributed by atoms with Crippen molar-refractivity contribution in [2.24, 2.45) is 5.73 Å². The van der Waals surface area contributed by atoms with E-state index in [2.05, 4.69) is 12.2 Å². The Morgan fingerprint density at radius 3 is 2.00 bits per heavy atom. The Morgan fingerprint density at radius 1 is 1.50 bits per heavy atom. The van der Waals surface area contributed by atoms with Crippen LogP contribution in [0.1, 0.15) is 40.5 Å². The van der Waals surface area contributed by atoms with Gasteiger partial charge in [0.25, 0.3) is 0 Å². The Morgan fingerprint density at radius 2 is 1.92 bits per heavy atom. The fourth-order valence-corrected chi connectivity index (χ4v) is 0.449. The molecule has 0 aliphatic heterocycles. The summed E-state index contributed by atoms with van der Waals surface area (Å²) < 4.78 is 0. The molecule has 0 saturated heterocycles. The molecule has 1 atom stereocenters. The third kappa shape index (κ3) is 16.2. The summed E-state index contributed by atoms with van der Waals surface area (Å²) in [5, 5.41) is 2.75. The molecule has 1 amide bonds. The van der Waals surface area contributed by atoms with E-state index in [9.17, 15) is 4.79 Å². The fraction of sp³-hybridized carbons (Fsp3) is 0.889. The molecule has 0 aromatic rings.